The van der Waals surface area contributed by atoms with Gasteiger partial charge in [0.2, 0.25) is 11.8 Å². The SMILES string of the molecule is COc1cc2c(cc1OC(C)C)[C@H](c1ccc(Cl)cc1)N(c1ccc([C@H](C)N3CCN(C(C)=O)CC3)cc1)C(=O)C2. The van der Waals surface area contributed by atoms with Crippen LogP contribution in [0.25, 0.3) is 0 Å². The second-order valence-electron chi connectivity index (χ2n) is 11.1. The zero-order chi connectivity index (χ0) is 29.3. The molecule has 2 aliphatic heterocycles. The molecule has 1 fully saturated rings. The molecule has 2 amide bonds. The molecule has 0 N–H and O–H groups in total. The monoisotopic (exact) mass is 575 g/mol. The number of rotatable bonds is 7. The van der Waals surface area contributed by atoms with Crippen LogP contribution in [0.4, 0.5) is 5.69 Å². The number of carbonyl (C=O) groups excluding carboxylic acids is 2. The summed E-state index contributed by atoms with van der Waals surface area (Å²) in [5.41, 5.74) is 4.90. The Balaban J connectivity index is 1.49. The zero-order valence-electron chi connectivity index (χ0n) is 24.4. The van der Waals surface area contributed by atoms with Gasteiger partial charge in [0.05, 0.1) is 25.7 Å². The number of halogens is 1. The van der Waals surface area contributed by atoms with Gasteiger partial charge in [-0.25, -0.2) is 0 Å². The molecule has 41 heavy (non-hydrogen) atoms. The zero-order valence-corrected chi connectivity index (χ0v) is 25.1. The van der Waals surface area contributed by atoms with E-state index >= 15 is 0 Å². The predicted molar refractivity (Wildman–Crippen MR) is 162 cm³/mol. The van der Waals surface area contributed by atoms with Gasteiger partial charge in [0.15, 0.2) is 11.5 Å². The molecule has 0 bridgehead atoms. The lowest BCUT2D eigenvalue weighted by molar-refractivity contribution is -0.130. The first kappa shape index (κ1) is 29.0. The van der Waals surface area contributed by atoms with E-state index in [4.69, 9.17) is 21.1 Å². The summed E-state index contributed by atoms with van der Waals surface area (Å²) in [5, 5.41) is 0.642. The summed E-state index contributed by atoms with van der Waals surface area (Å²) in [6.45, 7) is 11.0. The molecular weight excluding hydrogens is 538 g/mol. The molecule has 2 heterocycles. The smallest absolute Gasteiger partial charge is 0.232 e. The molecule has 2 aliphatic rings. The lowest BCUT2D eigenvalue weighted by Gasteiger charge is -2.39. The van der Waals surface area contributed by atoms with Crippen molar-refractivity contribution < 1.29 is 19.1 Å². The van der Waals surface area contributed by atoms with E-state index in [0.717, 1.165) is 48.6 Å². The number of anilines is 1. The molecule has 216 valence electrons. The quantitative estimate of drug-likeness (QED) is 0.344. The summed E-state index contributed by atoms with van der Waals surface area (Å²) in [5.74, 6) is 1.42. The number of piperazine rings is 1. The lowest BCUT2D eigenvalue weighted by atomic mass is 9.86. The number of hydrogen-bond donors (Lipinski definition) is 0. The van der Waals surface area contributed by atoms with E-state index < -0.39 is 0 Å². The summed E-state index contributed by atoms with van der Waals surface area (Å²) in [6.07, 6.45) is 0.230. The highest BCUT2D eigenvalue weighted by Gasteiger charge is 2.36. The molecule has 1 saturated heterocycles. The van der Waals surface area contributed by atoms with E-state index in [9.17, 15) is 9.59 Å². The molecular formula is C33H38ClN3O4. The second kappa shape index (κ2) is 12.1. The van der Waals surface area contributed by atoms with E-state index in [0.29, 0.717) is 16.5 Å². The highest BCUT2D eigenvalue weighted by Crippen LogP contribution is 2.44. The number of fused-ring (bicyclic) bond motifs is 1. The second-order valence-corrected chi connectivity index (χ2v) is 11.5. The molecule has 0 aliphatic carbocycles. The van der Waals surface area contributed by atoms with Gasteiger partial charge < -0.3 is 19.3 Å². The van der Waals surface area contributed by atoms with Gasteiger partial charge in [-0.1, -0.05) is 35.9 Å². The number of ether oxygens (including phenoxy) is 2. The summed E-state index contributed by atoms with van der Waals surface area (Å²) < 4.78 is 11.7. The third-order valence-corrected chi connectivity index (χ3v) is 8.35. The lowest BCUT2D eigenvalue weighted by Crippen LogP contribution is -2.48. The van der Waals surface area contributed by atoms with Crippen molar-refractivity contribution in [3.05, 3.63) is 87.9 Å². The van der Waals surface area contributed by atoms with Crippen LogP contribution in [0, 0.1) is 0 Å². The molecule has 5 rings (SSSR count). The fraction of sp³-hybridized carbons (Fsp3) is 0.394. The Morgan fingerprint density at radius 2 is 1.59 bits per heavy atom. The summed E-state index contributed by atoms with van der Waals surface area (Å²) in [6, 6.07) is 19.8. The summed E-state index contributed by atoms with van der Waals surface area (Å²) in [7, 11) is 1.62. The predicted octanol–water partition coefficient (Wildman–Crippen LogP) is 6.04. The molecule has 3 aromatic carbocycles. The van der Waals surface area contributed by atoms with Crippen molar-refractivity contribution in [1.82, 2.24) is 9.80 Å². The van der Waals surface area contributed by atoms with Gasteiger partial charge in [0, 0.05) is 49.9 Å². The number of nitrogens with zero attached hydrogens (tertiary/aromatic N) is 3. The van der Waals surface area contributed by atoms with Crippen LogP contribution in [-0.2, 0) is 16.0 Å². The maximum absolute atomic E-state index is 13.8. The highest BCUT2D eigenvalue weighted by atomic mass is 35.5. The van der Waals surface area contributed by atoms with E-state index in [1.807, 2.05) is 72.2 Å². The minimum atomic E-state index is -0.355. The normalized spacial score (nSPS) is 18.3. The molecule has 2 atom stereocenters. The Labute approximate surface area is 247 Å². The number of methoxy groups -OCH3 is 1. The number of hydrogen-bond acceptors (Lipinski definition) is 5. The van der Waals surface area contributed by atoms with Crippen molar-refractivity contribution in [1.29, 1.82) is 0 Å². The van der Waals surface area contributed by atoms with Crippen LogP contribution in [0.3, 0.4) is 0 Å². The van der Waals surface area contributed by atoms with Gasteiger partial charge in [-0.3, -0.25) is 14.5 Å². The number of benzene rings is 3. The van der Waals surface area contributed by atoms with Crippen molar-refractivity contribution in [3.8, 4) is 11.5 Å². The average molecular weight is 576 g/mol. The Morgan fingerprint density at radius 3 is 2.17 bits per heavy atom. The first-order chi connectivity index (χ1) is 19.7. The average Bonchev–Trinajstić information content (AvgIpc) is 2.96. The Bertz CT molecular complexity index is 1400. The molecule has 7 nitrogen and oxygen atoms in total. The largest absolute Gasteiger partial charge is 0.493 e. The molecule has 0 aromatic heterocycles. The van der Waals surface area contributed by atoms with Gasteiger partial charge in [-0.2, -0.15) is 0 Å². The molecule has 0 unspecified atom stereocenters. The van der Waals surface area contributed by atoms with Crippen molar-refractivity contribution in [3.63, 3.8) is 0 Å². The van der Waals surface area contributed by atoms with E-state index in [-0.39, 0.29) is 36.4 Å². The van der Waals surface area contributed by atoms with Crippen LogP contribution >= 0.6 is 11.6 Å². The van der Waals surface area contributed by atoms with Crippen molar-refractivity contribution in [2.45, 2.75) is 52.3 Å². The highest BCUT2D eigenvalue weighted by molar-refractivity contribution is 6.30. The molecule has 0 spiro atoms. The van der Waals surface area contributed by atoms with Crippen molar-refractivity contribution in [2.75, 3.05) is 38.2 Å². The van der Waals surface area contributed by atoms with Crippen LogP contribution in [0.5, 0.6) is 11.5 Å². The maximum atomic E-state index is 13.8. The number of amides is 2. The van der Waals surface area contributed by atoms with Gasteiger partial charge in [-0.15, -0.1) is 0 Å². The third kappa shape index (κ3) is 6.07. The van der Waals surface area contributed by atoms with E-state index in [1.165, 1.54) is 5.56 Å². The van der Waals surface area contributed by atoms with Crippen LogP contribution in [0.2, 0.25) is 5.02 Å². The van der Waals surface area contributed by atoms with Crippen LogP contribution in [0.1, 0.15) is 62.0 Å². The number of carbonyl (C=O) groups is 2. The van der Waals surface area contributed by atoms with Crippen LogP contribution in [-0.4, -0.2) is 61.0 Å². The van der Waals surface area contributed by atoms with Crippen molar-refractivity contribution >= 4 is 29.1 Å². The van der Waals surface area contributed by atoms with Gasteiger partial charge in [0.1, 0.15) is 0 Å². The van der Waals surface area contributed by atoms with Gasteiger partial charge in [0.25, 0.3) is 0 Å². The topological polar surface area (TPSA) is 62.3 Å². The fourth-order valence-corrected chi connectivity index (χ4v) is 6.00. The minimum Gasteiger partial charge on any atom is -0.493 e. The Hall–Kier alpha value is -3.55. The molecule has 3 aromatic rings. The van der Waals surface area contributed by atoms with E-state index in [1.54, 1.807) is 14.0 Å². The van der Waals surface area contributed by atoms with Gasteiger partial charge in [-0.05, 0) is 79.4 Å². The standard InChI is InChI=1S/C33H38ClN3O4/c1-21(2)41-31-20-29-26(18-30(31)40-5)19-32(39)37(33(29)25-6-10-27(34)11-7-25)28-12-8-24(9-13-28)22(3)35-14-16-36(17-15-35)23(4)38/h6-13,18,20-22,33H,14-17,19H2,1-5H3/t22-,33-/m0/s1. The van der Waals surface area contributed by atoms with Gasteiger partial charge >= 0.3 is 0 Å². The molecule has 0 radical (unpaired) electrons. The fourth-order valence-electron chi connectivity index (χ4n) is 5.88. The Morgan fingerprint density at radius 1 is 0.927 bits per heavy atom. The first-order valence-electron chi connectivity index (χ1n) is 14.2. The van der Waals surface area contributed by atoms with Crippen molar-refractivity contribution in [2.24, 2.45) is 0 Å². The summed E-state index contributed by atoms with van der Waals surface area (Å²) in [4.78, 5) is 31.7. The maximum Gasteiger partial charge on any atom is 0.232 e. The van der Waals surface area contributed by atoms with E-state index in [2.05, 4.69) is 24.0 Å². The minimum absolute atomic E-state index is 0.0122. The van der Waals surface area contributed by atoms with Crippen LogP contribution < -0.4 is 14.4 Å². The third-order valence-electron chi connectivity index (χ3n) is 8.10. The summed E-state index contributed by atoms with van der Waals surface area (Å²) >= 11 is 6.25. The molecule has 8 heteroatoms. The van der Waals surface area contributed by atoms with Crippen LogP contribution in [0.15, 0.2) is 60.7 Å². The Kier molecular flexibility index (Phi) is 8.57. The first-order valence-corrected chi connectivity index (χ1v) is 14.6. The molecule has 0 saturated carbocycles.